The standard InChI is InChI=1S/C8H18N2O4S/c1-7(2)14-6-8(11)10-4-5-15(12,13)9-3/h7,9H,4-6H2,1-3H3,(H,10,11). The molecule has 0 saturated heterocycles. The average molecular weight is 238 g/mol. The zero-order chi connectivity index (χ0) is 11.9. The van der Waals surface area contributed by atoms with Crippen molar-refractivity contribution in [1.82, 2.24) is 10.0 Å². The van der Waals surface area contributed by atoms with Crippen LogP contribution in [-0.4, -0.2) is 46.4 Å². The van der Waals surface area contributed by atoms with Gasteiger partial charge in [-0.05, 0) is 20.9 Å². The third-order valence-corrected chi connectivity index (χ3v) is 2.92. The molecule has 0 bridgehead atoms. The first-order chi connectivity index (χ1) is 6.87. The number of amides is 1. The Balaban J connectivity index is 3.65. The van der Waals surface area contributed by atoms with Crippen LogP contribution in [0.25, 0.3) is 0 Å². The molecule has 0 radical (unpaired) electrons. The van der Waals surface area contributed by atoms with Gasteiger partial charge in [0.2, 0.25) is 15.9 Å². The molecule has 0 fully saturated rings. The van der Waals surface area contributed by atoms with E-state index in [2.05, 4.69) is 10.0 Å². The Morgan fingerprint density at radius 3 is 2.47 bits per heavy atom. The molecule has 0 spiro atoms. The van der Waals surface area contributed by atoms with E-state index >= 15 is 0 Å². The Kier molecular flexibility index (Phi) is 6.46. The number of sulfonamides is 1. The summed E-state index contributed by atoms with van der Waals surface area (Å²) in [5.41, 5.74) is 0. The van der Waals surface area contributed by atoms with E-state index in [1.54, 1.807) is 0 Å². The highest BCUT2D eigenvalue weighted by atomic mass is 32.2. The molecule has 0 saturated carbocycles. The predicted molar refractivity (Wildman–Crippen MR) is 56.9 cm³/mol. The van der Waals surface area contributed by atoms with Gasteiger partial charge < -0.3 is 10.1 Å². The Bertz CT molecular complexity index is 287. The number of rotatable bonds is 7. The number of nitrogens with one attached hydrogen (secondary N) is 2. The first-order valence-corrected chi connectivity index (χ1v) is 6.32. The first kappa shape index (κ1) is 14.3. The van der Waals surface area contributed by atoms with Gasteiger partial charge in [-0.2, -0.15) is 0 Å². The van der Waals surface area contributed by atoms with Crippen LogP contribution in [0, 0.1) is 0 Å². The fourth-order valence-corrected chi connectivity index (χ4v) is 1.30. The van der Waals surface area contributed by atoms with Crippen LogP contribution < -0.4 is 10.0 Å². The fourth-order valence-electron chi connectivity index (χ4n) is 0.720. The van der Waals surface area contributed by atoms with Gasteiger partial charge >= 0.3 is 0 Å². The smallest absolute Gasteiger partial charge is 0.246 e. The van der Waals surface area contributed by atoms with Crippen LogP contribution in [0.1, 0.15) is 13.8 Å². The van der Waals surface area contributed by atoms with Crippen LogP contribution in [0.3, 0.4) is 0 Å². The van der Waals surface area contributed by atoms with Gasteiger partial charge in [0.1, 0.15) is 6.61 Å². The van der Waals surface area contributed by atoms with Crippen molar-refractivity contribution in [3.05, 3.63) is 0 Å². The SMILES string of the molecule is CNS(=O)(=O)CCNC(=O)COC(C)C. The molecule has 0 unspecified atom stereocenters. The average Bonchev–Trinajstić information content (AvgIpc) is 2.14. The molecule has 0 aromatic rings. The molecular weight excluding hydrogens is 220 g/mol. The summed E-state index contributed by atoms with van der Waals surface area (Å²) in [7, 11) is -1.92. The van der Waals surface area contributed by atoms with Crippen molar-refractivity contribution in [1.29, 1.82) is 0 Å². The molecule has 1 amide bonds. The van der Waals surface area contributed by atoms with Crippen molar-refractivity contribution >= 4 is 15.9 Å². The van der Waals surface area contributed by atoms with Gasteiger partial charge in [0.25, 0.3) is 0 Å². The molecule has 0 rings (SSSR count). The maximum absolute atomic E-state index is 11.1. The summed E-state index contributed by atoms with van der Waals surface area (Å²) < 4.78 is 29.1. The van der Waals surface area contributed by atoms with Crippen molar-refractivity contribution in [3.63, 3.8) is 0 Å². The quantitative estimate of drug-likeness (QED) is 0.600. The van der Waals surface area contributed by atoms with Crippen LogP contribution in [-0.2, 0) is 19.6 Å². The van der Waals surface area contributed by atoms with Crippen molar-refractivity contribution in [2.75, 3.05) is 26.0 Å². The molecule has 2 N–H and O–H groups in total. The highest BCUT2D eigenvalue weighted by Gasteiger charge is 2.08. The van der Waals surface area contributed by atoms with Crippen molar-refractivity contribution in [2.45, 2.75) is 20.0 Å². The van der Waals surface area contributed by atoms with Crippen molar-refractivity contribution in [2.24, 2.45) is 0 Å². The first-order valence-electron chi connectivity index (χ1n) is 4.67. The second-order valence-electron chi connectivity index (χ2n) is 3.23. The van der Waals surface area contributed by atoms with E-state index in [1.165, 1.54) is 7.05 Å². The molecule has 0 aliphatic rings. The molecule has 0 heterocycles. The molecule has 0 aromatic heterocycles. The van der Waals surface area contributed by atoms with E-state index < -0.39 is 10.0 Å². The summed E-state index contributed by atoms with van der Waals surface area (Å²) in [5.74, 6) is -0.438. The van der Waals surface area contributed by atoms with Crippen LogP contribution in [0.15, 0.2) is 0 Å². The van der Waals surface area contributed by atoms with Gasteiger partial charge in [0, 0.05) is 6.54 Å². The minimum Gasteiger partial charge on any atom is -0.369 e. The summed E-state index contributed by atoms with van der Waals surface area (Å²) in [6.07, 6.45) is -0.0169. The number of ether oxygens (including phenoxy) is 1. The van der Waals surface area contributed by atoms with E-state index in [9.17, 15) is 13.2 Å². The maximum atomic E-state index is 11.1. The third kappa shape index (κ3) is 8.34. The van der Waals surface area contributed by atoms with E-state index in [1.807, 2.05) is 13.8 Å². The number of hydrogen-bond acceptors (Lipinski definition) is 4. The van der Waals surface area contributed by atoms with E-state index in [0.29, 0.717) is 0 Å². The summed E-state index contributed by atoms with van der Waals surface area (Å²) in [6.45, 7) is 3.68. The maximum Gasteiger partial charge on any atom is 0.246 e. The van der Waals surface area contributed by atoms with Crippen LogP contribution in [0.5, 0.6) is 0 Å². The summed E-state index contributed by atoms with van der Waals surface area (Å²) >= 11 is 0. The van der Waals surface area contributed by atoms with Crippen LogP contribution in [0.4, 0.5) is 0 Å². The van der Waals surface area contributed by atoms with Crippen LogP contribution >= 0.6 is 0 Å². The molecule has 7 heteroatoms. The van der Waals surface area contributed by atoms with E-state index in [4.69, 9.17) is 4.74 Å². The highest BCUT2D eigenvalue weighted by molar-refractivity contribution is 7.89. The Morgan fingerprint density at radius 2 is 2.00 bits per heavy atom. The number of carbonyl (C=O) groups excluding carboxylic acids is 1. The molecule has 0 aliphatic carbocycles. The van der Waals surface area contributed by atoms with Gasteiger partial charge in [-0.15, -0.1) is 0 Å². The Labute approximate surface area is 90.4 Å². The molecule has 90 valence electrons. The lowest BCUT2D eigenvalue weighted by Crippen LogP contribution is -2.35. The minimum absolute atomic E-state index is 0.0169. The lowest BCUT2D eigenvalue weighted by molar-refractivity contribution is -0.126. The van der Waals surface area contributed by atoms with Gasteiger partial charge in [-0.1, -0.05) is 0 Å². The molecular formula is C8H18N2O4S. The van der Waals surface area contributed by atoms with E-state index in [-0.39, 0.29) is 30.9 Å². The molecule has 6 nitrogen and oxygen atoms in total. The van der Waals surface area contributed by atoms with E-state index in [0.717, 1.165) is 0 Å². The fraction of sp³-hybridized carbons (Fsp3) is 0.875. The summed E-state index contributed by atoms with van der Waals surface area (Å²) in [5, 5.41) is 2.45. The Morgan fingerprint density at radius 1 is 1.40 bits per heavy atom. The van der Waals surface area contributed by atoms with Gasteiger partial charge in [0.15, 0.2) is 0 Å². The topological polar surface area (TPSA) is 84.5 Å². The molecule has 0 aromatic carbocycles. The number of hydrogen-bond donors (Lipinski definition) is 2. The van der Waals surface area contributed by atoms with Crippen molar-refractivity contribution in [3.8, 4) is 0 Å². The Hall–Kier alpha value is -0.660. The zero-order valence-corrected chi connectivity index (χ0v) is 10.1. The third-order valence-electron chi connectivity index (χ3n) is 1.55. The largest absolute Gasteiger partial charge is 0.369 e. The minimum atomic E-state index is -3.25. The normalized spacial score (nSPS) is 11.7. The zero-order valence-electron chi connectivity index (χ0n) is 9.24. The van der Waals surface area contributed by atoms with Gasteiger partial charge in [-0.3, -0.25) is 4.79 Å². The predicted octanol–water partition coefficient (Wildman–Crippen LogP) is -0.923. The lowest BCUT2D eigenvalue weighted by Gasteiger charge is -2.08. The summed E-state index contributed by atoms with van der Waals surface area (Å²) in [4.78, 5) is 11.1. The van der Waals surface area contributed by atoms with Crippen molar-refractivity contribution < 1.29 is 17.9 Å². The monoisotopic (exact) mass is 238 g/mol. The van der Waals surface area contributed by atoms with Crippen LogP contribution in [0.2, 0.25) is 0 Å². The highest BCUT2D eigenvalue weighted by Crippen LogP contribution is 1.86. The number of carbonyl (C=O) groups is 1. The molecule has 15 heavy (non-hydrogen) atoms. The summed E-state index contributed by atoms with van der Waals surface area (Å²) in [6, 6.07) is 0. The van der Waals surface area contributed by atoms with Gasteiger partial charge in [-0.25, -0.2) is 13.1 Å². The molecule has 0 aliphatic heterocycles. The van der Waals surface area contributed by atoms with Gasteiger partial charge in [0.05, 0.1) is 11.9 Å². The lowest BCUT2D eigenvalue weighted by atomic mass is 10.5. The second kappa shape index (κ2) is 6.76. The molecule has 0 atom stereocenters. The second-order valence-corrected chi connectivity index (χ2v) is 5.28.